The lowest BCUT2D eigenvalue weighted by molar-refractivity contribution is -0.152. The highest BCUT2D eigenvalue weighted by atomic mass is 16.4. The zero-order chi connectivity index (χ0) is 10.8. The van der Waals surface area contributed by atoms with Crippen molar-refractivity contribution in [2.45, 2.75) is 44.6 Å². The predicted octanol–water partition coefficient (Wildman–Crippen LogP) is 1.25. The third-order valence-electron chi connectivity index (χ3n) is 3.27. The molecule has 0 aromatic carbocycles. The molecule has 0 aromatic heterocycles. The molecule has 1 N–H and O–H groups in total. The first kappa shape index (κ1) is 10.5. The van der Waals surface area contributed by atoms with E-state index >= 15 is 0 Å². The molecule has 1 atom stereocenters. The summed E-state index contributed by atoms with van der Waals surface area (Å²) in [5.74, 6) is -0.266. The maximum absolute atomic E-state index is 11.8. The number of piperidine rings is 1. The number of hydrogen-bond acceptors (Lipinski definition) is 2. The lowest BCUT2D eigenvalue weighted by atomic mass is 10.0. The Hall–Kier alpha value is -1.06. The molecule has 1 saturated carbocycles. The third-order valence-corrected chi connectivity index (χ3v) is 3.27. The van der Waals surface area contributed by atoms with Crippen molar-refractivity contribution in [3.05, 3.63) is 0 Å². The van der Waals surface area contributed by atoms with E-state index in [1.54, 1.807) is 4.90 Å². The Balaban J connectivity index is 1.96. The zero-order valence-corrected chi connectivity index (χ0v) is 8.82. The smallest absolute Gasteiger partial charge is 0.326 e. The van der Waals surface area contributed by atoms with E-state index in [1.807, 2.05) is 0 Å². The van der Waals surface area contributed by atoms with Crippen LogP contribution in [0.25, 0.3) is 0 Å². The lowest BCUT2D eigenvalue weighted by Crippen LogP contribution is -2.48. The van der Waals surface area contributed by atoms with E-state index in [9.17, 15) is 9.59 Å². The van der Waals surface area contributed by atoms with Crippen LogP contribution in [0.15, 0.2) is 0 Å². The fourth-order valence-electron chi connectivity index (χ4n) is 2.17. The summed E-state index contributed by atoms with van der Waals surface area (Å²) in [6, 6.07) is -0.565. The van der Waals surface area contributed by atoms with Crippen molar-refractivity contribution in [1.82, 2.24) is 4.90 Å². The van der Waals surface area contributed by atoms with E-state index in [0.29, 0.717) is 25.3 Å². The van der Waals surface area contributed by atoms with Gasteiger partial charge in [-0.3, -0.25) is 4.79 Å². The standard InChI is InChI=1S/C11H17NO3/c13-10(7-8-4-5-8)12-6-2-1-3-9(12)11(14)15/h8-9H,1-7H2,(H,14,15)/t9-/m0/s1. The molecule has 0 aromatic rings. The maximum atomic E-state index is 11.8. The third kappa shape index (κ3) is 2.49. The SMILES string of the molecule is O=C(O)[C@@H]1CCCCN1C(=O)CC1CC1. The molecule has 2 rings (SSSR count). The number of carboxylic acids is 1. The van der Waals surface area contributed by atoms with Gasteiger partial charge in [-0.05, 0) is 38.0 Å². The van der Waals surface area contributed by atoms with Crippen LogP contribution >= 0.6 is 0 Å². The number of carboxylic acid groups (broad SMARTS) is 1. The van der Waals surface area contributed by atoms with Gasteiger partial charge in [-0.15, -0.1) is 0 Å². The summed E-state index contributed by atoms with van der Waals surface area (Å²) in [4.78, 5) is 24.4. The van der Waals surface area contributed by atoms with Crippen molar-refractivity contribution in [3.8, 4) is 0 Å². The monoisotopic (exact) mass is 211 g/mol. The summed E-state index contributed by atoms with van der Waals surface area (Å²) in [5.41, 5.74) is 0. The number of carbonyl (C=O) groups excluding carboxylic acids is 1. The lowest BCUT2D eigenvalue weighted by Gasteiger charge is -2.33. The first-order valence-electron chi connectivity index (χ1n) is 5.71. The quantitative estimate of drug-likeness (QED) is 0.764. The number of carbonyl (C=O) groups is 2. The van der Waals surface area contributed by atoms with Crippen LogP contribution in [0.1, 0.15) is 38.5 Å². The van der Waals surface area contributed by atoms with Crippen molar-refractivity contribution in [3.63, 3.8) is 0 Å². The summed E-state index contributed by atoms with van der Waals surface area (Å²) in [5, 5.41) is 9.01. The molecular weight excluding hydrogens is 194 g/mol. The summed E-state index contributed by atoms with van der Waals surface area (Å²) in [7, 11) is 0. The van der Waals surface area contributed by atoms with Gasteiger partial charge in [-0.25, -0.2) is 4.79 Å². The molecule has 15 heavy (non-hydrogen) atoms. The molecule has 0 unspecified atom stereocenters. The fraction of sp³-hybridized carbons (Fsp3) is 0.818. The Kier molecular flexibility index (Phi) is 2.93. The normalized spacial score (nSPS) is 26.4. The molecule has 0 radical (unpaired) electrons. The molecule has 1 aliphatic carbocycles. The number of aliphatic carboxylic acids is 1. The molecule has 84 valence electrons. The molecular formula is C11H17NO3. The first-order chi connectivity index (χ1) is 7.18. The van der Waals surface area contributed by atoms with Crippen LogP contribution in [-0.2, 0) is 9.59 Å². The van der Waals surface area contributed by atoms with Crippen LogP contribution in [0.2, 0.25) is 0 Å². The van der Waals surface area contributed by atoms with Gasteiger partial charge in [-0.2, -0.15) is 0 Å². The van der Waals surface area contributed by atoms with Crippen molar-refractivity contribution < 1.29 is 14.7 Å². The Bertz CT molecular complexity index is 273. The molecule has 4 nitrogen and oxygen atoms in total. The number of amides is 1. The highest BCUT2D eigenvalue weighted by molar-refractivity contribution is 5.84. The second kappa shape index (κ2) is 4.21. The van der Waals surface area contributed by atoms with Gasteiger partial charge in [0.25, 0.3) is 0 Å². The highest BCUT2D eigenvalue weighted by Crippen LogP contribution is 2.33. The average molecular weight is 211 g/mol. The molecule has 0 bridgehead atoms. The number of likely N-dealkylation sites (tertiary alicyclic amines) is 1. The Labute approximate surface area is 89.3 Å². The van der Waals surface area contributed by atoms with E-state index in [0.717, 1.165) is 25.7 Å². The minimum atomic E-state index is -0.848. The average Bonchev–Trinajstić information content (AvgIpc) is 3.01. The predicted molar refractivity (Wildman–Crippen MR) is 54.3 cm³/mol. The van der Waals surface area contributed by atoms with Crippen molar-refractivity contribution in [2.75, 3.05) is 6.54 Å². The summed E-state index contributed by atoms with van der Waals surface area (Å²) in [6.07, 6.45) is 5.31. The van der Waals surface area contributed by atoms with Gasteiger partial charge in [0.1, 0.15) is 6.04 Å². The minimum Gasteiger partial charge on any atom is -0.480 e. The highest BCUT2D eigenvalue weighted by Gasteiger charge is 2.34. The van der Waals surface area contributed by atoms with Gasteiger partial charge < -0.3 is 10.0 Å². The zero-order valence-electron chi connectivity index (χ0n) is 8.82. The van der Waals surface area contributed by atoms with Gasteiger partial charge >= 0.3 is 5.97 Å². The summed E-state index contributed by atoms with van der Waals surface area (Å²) in [6.45, 7) is 0.628. The van der Waals surface area contributed by atoms with E-state index in [-0.39, 0.29) is 5.91 Å². The topological polar surface area (TPSA) is 57.6 Å². The first-order valence-corrected chi connectivity index (χ1v) is 5.71. The van der Waals surface area contributed by atoms with Gasteiger partial charge in [-0.1, -0.05) is 0 Å². The van der Waals surface area contributed by atoms with E-state index in [4.69, 9.17) is 5.11 Å². The van der Waals surface area contributed by atoms with Gasteiger partial charge in [0.2, 0.25) is 5.91 Å². The van der Waals surface area contributed by atoms with E-state index in [1.165, 1.54) is 0 Å². The largest absolute Gasteiger partial charge is 0.480 e. The van der Waals surface area contributed by atoms with E-state index in [2.05, 4.69) is 0 Å². The number of nitrogens with zero attached hydrogens (tertiary/aromatic N) is 1. The van der Waals surface area contributed by atoms with Gasteiger partial charge in [0.05, 0.1) is 0 Å². The molecule has 1 amide bonds. The minimum absolute atomic E-state index is 0.0459. The number of hydrogen-bond donors (Lipinski definition) is 1. The summed E-state index contributed by atoms with van der Waals surface area (Å²) >= 11 is 0. The number of rotatable bonds is 3. The molecule has 2 fully saturated rings. The molecule has 0 spiro atoms. The van der Waals surface area contributed by atoms with Crippen LogP contribution in [0, 0.1) is 5.92 Å². The van der Waals surface area contributed by atoms with Crippen LogP contribution in [0.4, 0.5) is 0 Å². The van der Waals surface area contributed by atoms with Crippen LogP contribution < -0.4 is 0 Å². The fourth-order valence-corrected chi connectivity index (χ4v) is 2.17. The van der Waals surface area contributed by atoms with Crippen LogP contribution in [-0.4, -0.2) is 34.5 Å². The van der Waals surface area contributed by atoms with Crippen LogP contribution in [0.5, 0.6) is 0 Å². The van der Waals surface area contributed by atoms with Crippen LogP contribution in [0.3, 0.4) is 0 Å². The van der Waals surface area contributed by atoms with Crippen molar-refractivity contribution >= 4 is 11.9 Å². The molecule has 2 aliphatic rings. The summed E-state index contributed by atoms with van der Waals surface area (Å²) < 4.78 is 0. The Morgan fingerprint density at radius 1 is 1.20 bits per heavy atom. The molecule has 4 heteroatoms. The second-order valence-corrected chi connectivity index (χ2v) is 4.58. The van der Waals surface area contributed by atoms with Gasteiger partial charge in [0.15, 0.2) is 0 Å². The van der Waals surface area contributed by atoms with E-state index < -0.39 is 12.0 Å². The Morgan fingerprint density at radius 2 is 1.93 bits per heavy atom. The Morgan fingerprint density at radius 3 is 2.53 bits per heavy atom. The molecule has 1 aliphatic heterocycles. The van der Waals surface area contributed by atoms with Crippen molar-refractivity contribution in [1.29, 1.82) is 0 Å². The van der Waals surface area contributed by atoms with Crippen molar-refractivity contribution in [2.24, 2.45) is 5.92 Å². The second-order valence-electron chi connectivity index (χ2n) is 4.58. The maximum Gasteiger partial charge on any atom is 0.326 e. The molecule has 1 saturated heterocycles. The molecule has 1 heterocycles. The van der Waals surface area contributed by atoms with Gasteiger partial charge in [0, 0.05) is 13.0 Å².